The maximum absolute atomic E-state index is 12.2. The van der Waals surface area contributed by atoms with Gasteiger partial charge in [0, 0.05) is 16.7 Å². The Bertz CT molecular complexity index is 627. The summed E-state index contributed by atoms with van der Waals surface area (Å²) >= 11 is 5.95. The van der Waals surface area contributed by atoms with Crippen LogP contribution in [0.15, 0.2) is 23.1 Å². The van der Waals surface area contributed by atoms with Crippen LogP contribution in [0.4, 0.5) is 0 Å². The standard InChI is InChI=1S/C13H15Cl2NO3S/c1-8(9-3-2-4-9)16-13(17)11-7-10(20(15,18)19)5-6-12(11)14/h5-9H,2-4H2,1H3,(H,16,17). The highest BCUT2D eigenvalue weighted by Gasteiger charge is 2.26. The summed E-state index contributed by atoms with van der Waals surface area (Å²) in [7, 11) is 1.39. The second-order valence-electron chi connectivity index (χ2n) is 5.03. The van der Waals surface area contributed by atoms with E-state index in [1.807, 2.05) is 6.92 Å². The summed E-state index contributed by atoms with van der Waals surface area (Å²) in [4.78, 5) is 12.0. The maximum Gasteiger partial charge on any atom is 0.261 e. The number of hydrogen-bond acceptors (Lipinski definition) is 3. The van der Waals surface area contributed by atoms with Crippen molar-refractivity contribution in [3.63, 3.8) is 0 Å². The van der Waals surface area contributed by atoms with Crippen LogP contribution in [0, 0.1) is 5.92 Å². The molecule has 1 N–H and O–H groups in total. The quantitative estimate of drug-likeness (QED) is 0.859. The molecule has 1 unspecified atom stereocenters. The Morgan fingerprint density at radius 2 is 2.05 bits per heavy atom. The third-order valence-electron chi connectivity index (χ3n) is 3.68. The number of benzene rings is 1. The van der Waals surface area contributed by atoms with E-state index in [4.69, 9.17) is 22.3 Å². The Hall–Kier alpha value is -0.780. The van der Waals surface area contributed by atoms with E-state index in [0.717, 1.165) is 12.8 Å². The summed E-state index contributed by atoms with van der Waals surface area (Å²) in [6.07, 6.45) is 3.39. The molecule has 1 aliphatic rings. The molecule has 1 saturated carbocycles. The third-order valence-corrected chi connectivity index (χ3v) is 5.36. The van der Waals surface area contributed by atoms with Crippen LogP contribution in [-0.4, -0.2) is 20.4 Å². The van der Waals surface area contributed by atoms with Crippen LogP contribution in [-0.2, 0) is 9.05 Å². The average molecular weight is 336 g/mol. The smallest absolute Gasteiger partial charge is 0.261 e. The first kappa shape index (κ1) is 15.6. The first-order valence-corrected chi connectivity index (χ1v) is 9.03. The minimum Gasteiger partial charge on any atom is -0.349 e. The average Bonchev–Trinajstić information content (AvgIpc) is 2.24. The normalized spacial score (nSPS) is 17.4. The molecular formula is C13H15Cl2NO3S. The van der Waals surface area contributed by atoms with Gasteiger partial charge >= 0.3 is 0 Å². The van der Waals surface area contributed by atoms with Crippen molar-refractivity contribution in [1.82, 2.24) is 5.32 Å². The Morgan fingerprint density at radius 1 is 1.40 bits per heavy atom. The Labute approximate surface area is 127 Å². The monoisotopic (exact) mass is 335 g/mol. The topological polar surface area (TPSA) is 63.2 Å². The first-order valence-electron chi connectivity index (χ1n) is 6.34. The van der Waals surface area contributed by atoms with Crippen molar-refractivity contribution in [1.29, 1.82) is 0 Å². The molecule has 1 atom stereocenters. The van der Waals surface area contributed by atoms with E-state index in [-0.39, 0.29) is 27.4 Å². The SMILES string of the molecule is CC(NC(=O)c1cc(S(=O)(=O)Cl)ccc1Cl)C1CCC1. The van der Waals surface area contributed by atoms with E-state index >= 15 is 0 Å². The molecule has 0 radical (unpaired) electrons. The van der Waals surface area contributed by atoms with Crippen molar-refractivity contribution in [3.05, 3.63) is 28.8 Å². The lowest BCUT2D eigenvalue weighted by Gasteiger charge is -2.31. The molecule has 0 bridgehead atoms. The van der Waals surface area contributed by atoms with E-state index in [2.05, 4.69) is 5.32 Å². The van der Waals surface area contributed by atoms with Gasteiger partial charge in [0.25, 0.3) is 15.0 Å². The van der Waals surface area contributed by atoms with Crippen LogP contribution < -0.4 is 5.32 Å². The molecule has 1 aromatic rings. The van der Waals surface area contributed by atoms with E-state index in [1.54, 1.807) is 0 Å². The summed E-state index contributed by atoms with van der Waals surface area (Å²) in [6.45, 7) is 1.94. The highest BCUT2D eigenvalue weighted by molar-refractivity contribution is 8.13. The van der Waals surface area contributed by atoms with Crippen LogP contribution in [0.25, 0.3) is 0 Å². The van der Waals surface area contributed by atoms with Crippen LogP contribution in [0.2, 0.25) is 5.02 Å². The summed E-state index contributed by atoms with van der Waals surface area (Å²) < 4.78 is 22.6. The minimum atomic E-state index is -3.88. The summed E-state index contributed by atoms with van der Waals surface area (Å²) in [5.41, 5.74) is 0.125. The summed E-state index contributed by atoms with van der Waals surface area (Å²) in [5, 5.41) is 3.06. The largest absolute Gasteiger partial charge is 0.349 e. The molecule has 1 aromatic carbocycles. The Kier molecular flexibility index (Phi) is 4.62. The fourth-order valence-corrected chi connectivity index (χ4v) is 3.15. The van der Waals surface area contributed by atoms with Crippen LogP contribution >= 0.6 is 22.3 Å². The van der Waals surface area contributed by atoms with Gasteiger partial charge in [-0.05, 0) is 43.9 Å². The van der Waals surface area contributed by atoms with E-state index < -0.39 is 9.05 Å². The van der Waals surface area contributed by atoms with Crippen LogP contribution in [0.1, 0.15) is 36.5 Å². The van der Waals surface area contributed by atoms with Crippen LogP contribution in [0.3, 0.4) is 0 Å². The molecule has 110 valence electrons. The van der Waals surface area contributed by atoms with Gasteiger partial charge in [0.05, 0.1) is 15.5 Å². The van der Waals surface area contributed by atoms with E-state index in [0.29, 0.717) is 5.92 Å². The lowest BCUT2D eigenvalue weighted by Crippen LogP contribution is -2.40. The predicted molar refractivity (Wildman–Crippen MR) is 78.8 cm³/mol. The van der Waals surface area contributed by atoms with Gasteiger partial charge in [-0.2, -0.15) is 0 Å². The number of hydrogen-bond donors (Lipinski definition) is 1. The number of carbonyl (C=O) groups excluding carboxylic acids is 1. The molecule has 20 heavy (non-hydrogen) atoms. The number of amides is 1. The van der Waals surface area contributed by atoms with E-state index in [9.17, 15) is 13.2 Å². The van der Waals surface area contributed by atoms with Crippen molar-refractivity contribution >= 4 is 37.2 Å². The van der Waals surface area contributed by atoms with Gasteiger partial charge in [0.15, 0.2) is 0 Å². The molecule has 2 rings (SSSR count). The van der Waals surface area contributed by atoms with Crippen LogP contribution in [0.5, 0.6) is 0 Å². The predicted octanol–water partition coefficient (Wildman–Crippen LogP) is 3.19. The number of rotatable bonds is 4. The van der Waals surface area contributed by atoms with Crippen molar-refractivity contribution in [2.45, 2.75) is 37.1 Å². The second-order valence-corrected chi connectivity index (χ2v) is 8.01. The van der Waals surface area contributed by atoms with E-state index in [1.165, 1.54) is 24.6 Å². The fraction of sp³-hybridized carbons (Fsp3) is 0.462. The third kappa shape index (κ3) is 3.45. The zero-order valence-electron chi connectivity index (χ0n) is 10.9. The Morgan fingerprint density at radius 3 is 2.55 bits per heavy atom. The van der Waals surface area contributed by atoms with Gasteiger partial charge in [-0.3, -0.25) is 4.79 Å². The van der Waals surface area contributed by atoms with Crippen molar-refractivity contribution in [2.75, 3.05) is 0 Å². The molecule has 1 fully saturated rings. The maximum atomic E-state index is 12.2. The number of carbonyl (C=O) groups is 1. The lowest BCUT2D eigenvalue weighted by molar-refractivity contribution is 0.0909. The molecule has 7 heteroatoms. The number of halogens is 2. The van der Waals surface area contributed by atoms with Gasteiger partial charge in [0.2, 0.25) is 0 Å². The highest BCUT2D eigenvalue weighted by Crippen LogP contribution is 2.30. The zero-order valence-corrected chi connectivity index (χ0v) is 13.2. The van der Waals surface area contributed by atoms with Gasteiger partial charge in [0.1, 0.15) is 0 Å². The van der Waals surface area contributed by atoms with Gasteiger partial charge in [-0.1, -0.05) is 18.0 Å². The zero-order chi connectivity index (χ0) is 14.9. The molecule has 0 saturated heterocycles. The second kappa shape index (κ2) is 5.92. The molecule has 0 aromatic heterocycles. The van der Waals surface area contributed by atoms with Crippen molar-refractivity contribution in [2.24, 2.45) is 5.92 Å². The van der Waals surface area contributed by atoms with Crippen molar-refractivity contribution in [3.8, 4) is 0 Å². The van der Waals surface area contributed by atoms with Gasteiger partial charge in [-0.15, -0.1) is 0 Å². The lowest BCUT2D eigenvalue weighted by atomic mass is 9.80. The Balaban J connectivity index is 2.20. The first-order chi connectivity index (χ1) is 9.29. The fourth-order valence-electron chi connectivity index (χ4n) is 2.17. The molecule has 0 spiro atoms. The minimum absolute atomic E-state index is 0.0450. The van der Waals surface area contributed by atoms with Crippen molar-refractivity contribution < 1.29 is 13.2 Å². The molecule has 4 nitrogen and oxygen atoms in total. The highest BCUT2D eigenvalue weighted by atomic mass is 35.7. The number of nitrogens with one attached hydrogen (secondary N) is 1. The summed E-state index contributed by atoms with van der Waals surface area (Å²) in [5.74, 6) is 0.106. The molecule has 0 heterocycles. The molecule has 0 aliphatic heterocycles. The summed E-state index contributed by atoms with van der Waals surface area (Å²) in [6, 6.07) is 3.88. The molecular weight excluding hydrogens is 321 g/mol. The molecule has 1 aliphatic carbocycles. The molecule has 1 amide bonds. The van der Waals surface area contributed by atoms with Gasteiger partial charge in [-0.25, -0.2) is 8.42 Å². The van der Waals surface area contributed by atoms with Gasteiger partial charge < -0.3 is 5.32 Å².